The average Bonchev–Trinajstić information content (AvgIpc) is 3.58. The molecule has 1 aromatic heterocycles. The summed E-state index contributed by atoms with van der Waals surface area (Å²) in [6, 6.07) is 15.1. The third-order valence-corrected chi connectivity index (χ3v) is 30.5. The summed E-state index contributed by atoms with van der Waals surface area (Å²) in [4.78, 5) is 17.2. The molecule has 0 bridgehead atoms. The molecule has 3 nitrogen and oxygen atoms in total. The van der Waals surface area contributed by atoms with Crippen LogP contribution in [0.5, 0.6) is 0 Å². The Morgan fingerprint density at radius 2 is 1.00 bits per heavy atom. The van der Waals surface area contributed by atoms with Gasteiger partial charge in [-0.3, -0.25) is 0 Å². The van der Waals surface area contributed by atoms with E-state index in [0.29, 0.717) is 11.1 Å². The Labute approximate surface area is 289 Å². The number of H-pyrrole nitrogens is 2. The van der Waals surface area contributed by atoms with Gasteiger partial charge in [-0.1, -0.05) is 0 Å². The monoisotopic (exact) mass is 884 g/mol. The molecule has 4 rings (SSSR count). The number of hydrogen-bond acceptors (Lipinski definition) is 1. The van der Waals surface area contributed by atoms with E-state index < -0.39 is 62.3 Å². The number of alkyl halides is 6. The number of benzene rings is 3. The molecule has 0 unspecified atom stereocenters. The number of aromatic amines is 2. The van der Waals surface area contributed by atoms with E-state index in [-0.39, 0.29) is 28.0 Å². The molecule has 0 saturated carbocycles. The van der Waals surface area contributed by atoms with E-state index in [2.05, 4.69) is 9.97 Å². The van der Waals surface area contributed by atoms with Crippen molar-refractivity contribution in [2.75, 3.05) is 0 Å². The van der Waals surface area contributed by atoms with Gasteiger partial charge < -0.3 is 0 Å². The van der Waals surface area contributed by atoms with Crippen LogP contribution in [0.1, 0.15) is 124 Å². The summed E-state index contributed by atoms with van der Waals surface area (Å²) >= 11 is -9.57. The van der Waals surface area contributed by atoms with Crippen LogP contribution in [0.3, 0.4) is 0 Å². The zero-order chi connectivity index (χ0) is 37.5. The number of imidazole rings is 1. The summed E-state index contributed by atoms with van der Waals surface area (Å²) < 4.78 is 92.6. The normalized spacial score (nSPS) is 14.6. The summed E-state index contributed by atoms with van der Waals surface area (Å²) in [7, 11) is 0. The maximum atomic E-state index is 18.0. The number of rotatable bonds is 10. The molecule has 0 atom stereocenters. The van der Waals surface area contributed by atoms with E-state index in [0.717, 1.165) is 18.5 Å². The number of ketones is 1. The predicted molar refractivity (Wildman–Crippen MR) is 189 cm³/mol. The first-order chi connectivity index (χ1) is 23.2. The number of carbonyl (C=O) groups excluding carboxylic acids is 1. The average molecular weight is 885 g/mol. The molecule has 0 aliphatic carbocycles. The minimum absolute atomic E-state index is 0.0156. The zero-order valence-corrected chi connectivity index (χ0v) is 32.2. The fraction of sp³-hybridized carbons (Fsp3) is 0.400. The van der Waals surface area contributed by atoms with Crippen LogP contribution in [0.2, 0.25) is 4.64 Å². The van der Waals surface area contributed by atoms with Crippen molar-refractivity contribution in [2.24, 2.45) is 0 Å². The fourth-order valence-electron chi connectivity index (χ4n) is 6.58. The first-order valence-electron chi connectivity index (χ1n) is 16.6. The molecule has 4 aromatic rings. The van der Waals surface area contributed by atoms with Gasteiger partial charge in [-0.2, -0.15) is 0 Å². The summed E-state index contributed by atoms with van der Waals surface area (Å²) in [6.45, 7) is 14.6. The van der Waals surface area contributed by atoms with Gasteiger partial charge in [0.2, 0.25) is 0 Å². The Bertz CT molecular complexity index is 1880. The molecular weight excluding hydrogens is 835 g/mol. The number of nitrogens with one attached hydrogen (secondary N) is 2. The number of carbonyl (C=O) groups is 1. The van der Waals surface area contributed by atoms with Crippen molar-refractivity contribution in [3.05, 3.63) is 116 Å². The number of allylic oxidation sites excluding steroid dienone is 1. The van der Waals surface area contributed by atoms with E-state index in [1.165, 1.54) is 61.5 Å². The van der Waals surface area contributed by atoms with Gasteiger partial charge >= 0.3 is 290 Å². The topological polar surface area (TPSA) is 48.6 Å². The van der Waals surface area contributed by atoms with Crippen molar-refractivity contribution < 1.29 is 45.2 Å². The Kier molecular flexibility index (Phi) is 10.5. The van der Waals surface area contributed by atoms with Gasteiger partial charge in [-0.25, -0.2) is 0 Å². The van der Waals surface area contributed by atoms with Crippen LogP contribution in [-0.4, -0.2) is 24.5 Å². The maximum absolute atomic E-state index is 18.0. The molecule has 2 N–H and O–H groups in total. The van der Waals surface area contributed by atoms with Crippen LogP contribution < -0.4 is 7.56 Å². The van der Waals surface area contributed by atoms with Crippen LogP contribution in [0.4, 0.5) is 26.3 Å². The van der Waals surface area contributed by atoms with Crippen molar-refractivity contribution in [3.63, 3.8) is 0 Å². The second kappa shape index (κ2) is 13.3. The van der Waals surface area contributed by atoms with Gasteiger partial charge in [0.25, 0.3) is 0 Å². The summed E-state index contributed by atoms with van der Waals surface area (Å²) in [6.07, 6.45) is 4.68. The molecule has 0 amide bonds. The third kappa shape index (κ3) is 4.97. The Morgan fingerprint density at radius 3 is 1.30 bits per heavy atom. The van der Waals surface area contributed by atoms with Crippen molar-refractivity contribution in [2.45, 2.75) is 99.4 Å². The summed E-state index contributed by atoms with van der Waals surface area (Å²) in [5.74, 6) is -3.00. The second-order valence-electron chi connectivity index (χ2n) is 13.7. The fourth-order valence-corrected chi connectivity index (χ4v) is 28.5. The van der Waals surface area contributed by atoms with Gasteiger partial charge in [-0.15, -0.1) is 0 Å². The molecule has 0 fully saturated rings. The quantitative estimate of drug-likeness (QED) is 0.0930. The molecule has 0 aliphatic heterocycles. The van der Waals surface area contributed by atoms with Gasteiger partial charge in [0.1, 0.15) is 0 Å². The molecule has 1 heterocycles. The Balaban J connectivity index is 2.65. The SMILES string of the molecule is CC(=O)c1ccc(C=C[CH2][Au]([c]2c(C(C)C)cccc2C(C)C)([c]2c(C(C)C)cccc2C(C)C)(=[c]2[nH]cc[nH]2)([C](F)(F)F)[C](F)(F)F)cc1. The molecule has 50 heavy (non-hydrogen) atoms. The van der Waals surface area contributed by atoms with Crippen LogP contribution in [-0.2, 0) is 14.0 Å². The molecule has 0 radical (unpaired) electrons. The van der Waals surface area contributed by atoms with Crippen molar-refractivity contribution >= 4 is 19.4 Å². The van der Waals surface area contributed by atoms with Crippen molar-refractivity contribution in [1.29, 1.82) is 0 Å². The molecule has 10 heteroatoms. The number of Topliss-reactive ketones (excluding diaryl/α,β-unsaturated/α-hetero) is 1. The van der Waals surface area contributed by atoms with Gasteiger partial charge in [-0.05, 0) is 0 Å². The molecule has 3 aromatic carbocycles. The minimum atomic E-state index is -9.57. The Hall–Kier alpha value is -3.40. The Morgan fingerprint density at radius 1 is 0.640 bits per heavy atom. The van der Waals surface area contributed by atoms with E-state index in [1.54, 1.807) is 67.5 Å². The van der Waals surface area contributed by atoms with Gasteiger partial charge in [0, 0.05) is 0 Å². The van der Waals surface area contributed by atoms with Gasteiger partial charge in [0.15, 0.2) is 0 Å². The standard InChI is InChI=1S/2C12H17.C11H11O.C3H4N2.2CF3.Au/c2*1-9(2)11-6-5-7-12(8-11)10(3)4;1-3-4-10-5-7-11(8-6-10)9(2)12;1-2-5-3-4-1;2*2-1(3)4;/h2*5-7,9-10H,1-4H3;3-8H,1H2,2H3;1-2,4-5H;;;. The van der Waals surface area contributed by atoms with E-state index in [4.69, 9.17) is 0 Å². The van der Waals surface area contributed by atoms with E-state index in [9.17, 15) is 4.79 Å². The van der Waals surface area contributed by atoms with Crippen LogP contribution in [0.15, 0.2) is 79.1 Å². The molecule has 278 valence electrons. The molecule has 0 aliphatic rings. The number of aromatic nitrogens is 2. The third-order valence-electron chi connectivity index (χ3n) is 9.15. The molecule has 0 saturated heterocycles. The van der Waals surface area contributed by atoms with Crippen molar-refractivity contribution in [1.82, 2.24) is 9.97 Å². The summed E-state index contributed by atoms with van der Waals surface area (Å²) in [5, 5.41) is 0. The van der Waals surface area contributed by atoms with Crippen molar-refractivity contribution in [3.8, 4) is 0 Å². The first kappa shape index (κ1) is 39.4. The van der Waals surface area contributed by atoms with Crippen LogP contribution >= 0.6 is 0 Å². The zero-order valence-electron chi connectivity index (χ0n) is 30.1. The predicted octanol–water partition coefficient (Wildman–Crippen LogP) is 11.6. The first-order valence-corrected chi connectivity index (χ1v) is 23.5. The molecular formula is C40H49AuF6N2O. The van der Waals surface area contributed by atoms with Crippen LogP contribution in [0.25, 0.3) is 6.08 Å². The van der Waals surface area contributed by atoms with Gasteiger partial charge in [0.05, 0.1) is 0 Å². The number of halogens is 6. The molecule has 0 spiro atoms. The second-order valence-corrected chi connectivity index (χ2v) is 29.5. The number of hydrogen-bond donors (Lipinski definition) is 2. The summed E-state index contributed by atoms with van der Waals surface area (Å²) in [5.41, 5.74) is 0.817. The van der Waals surface area contributed by atoms with E-state index >= 15 is 26.3 Å². The van der Waals surface area contributed by atoms with E-state index in [1.807, 2.05) is 0 Å². The van der Waals surface area contributed by atoms with Crippen LogP contribution in [0, 0.1) is 3.63 Å².